The second kappa shape index (κ2) is 4.18. The van der Waals surface area contributed by atoms with Gasteiger partial charge in [0, 0.05) is 17.9 Å². The molecular formula is C12H20N2. The topological polar surface area (TPSA) is 41.8 Å². The van der Waals surface area contributed by atoms with Crippen LogP contribution in [0.15, 0.2) is 6.07 Å². The quantitative estimate of drug-likeness (QED) is 0.743. The molecule has 0 amide bonds. The highest BCUT2D eigenvalue weighted by Crippen LogP contribution is 2.32. The first-order valence-electron chi connectivity index (χ1n) is 5.69. The van der Waals surface area contributed by atoms with Crippen molar-refractivity contribution in [2.75, 3.05) is 0 Å². The van der Waals surface area contributed by atoms with Crippen molar-refractivity contribution in [3.05, 3.63) is 23.0 Å². The molecule has 0 unspecified atom stereocenters. The summed E-state index contributed by atoms with van der Waals surface area (Å²) >= 11 is 0. The maximum atomic E-state index is 5.67. The molecule has 2 heteroatoms. The molecule has 0 aliphatic heterocycles. The van der Waals surface area contributed by atoms with Gasteiger partial charge in [-0.2, -0.15) is 0 Å². The maximum absolute atomic E-state index is 5.67. The van der Waals surface area contributed by atoms with E-state index in [4.69, 9.17) is 5.73 Å². The molecule has 0 aromatic carbocycles. The van der Waals surface area contributed by atoms with Crippen molar-refractivity contribution in [2.24, 2.45) is 5.73 Å². The van der Waals surface area contributed by atoms with E-state index in [2.05, 4.69) is 18.0 Å². The van der Waals surface area contributed by atoms with E-state index in [0.717, 1.165) is 5.92 Å². The Labute approximate surface area is 85.9 Å². The Morgan fingerprint density at radius 1 is 1.36 bits per heavy atom. The van der Waals surface area contributed by atoms with Crippen molar-refractivity contribution in [3.8, 4) is 0 Å². The van der Waals surface area contributed by atoms with Gasteiger partial charge in [0.1, 0.15) is 0 Å². The summed E-state index contributed by atoms with van der Waals surface area (Å²) in [6.45, 7) is 2.78. The van der Waals surface area contributed by atoms with E-state index in [1.165, 1.54) is 49.1 Å². The molecule has 1 saturated carbocycles. The van der Waals surface area contributed by atoms with Gasteiger partial charge in [0.05, 0.1) is 0 Å². The molecule has 78 valence electrons. The summed E-state index contributed by atoms with van der Waals surface area (Å²) < 4.78 is 0. The lowest BCUT2D eigenvalue weighted by molar-refractivity contribution is 0.437. The number of hydrogen-bond donors (Lipinski definition) is 2. The normalized spacial score (nSPS) is 18.7. The van der Waals surface area contributed by atoms with Crippen molar-refractivity contribution in [1.82, 2.24) is 4.98 Å². The number of nitrogens with two attached hydrogens (primary N) is 1. The molecule has 0 spiro atoms. The fourth-order valence-electron chi connectivity index (χ4n) is 2.47. The Morgan fingerprint density at radius 2 is 2.07 bits per heavy atom. The molecule has 2 rings (SSSR count). The highest BCUT2D eigenvalue weighted by Gasteiger charge is 2.17. The maximum Gasteiger partial charge on any atom is 0.0196 e. The third-order valence-electron chi connectivity index (χ3n) is 3.41. The number of nitrogens with one attached hydrogen (secondary N) is 1. The van der Waals surface area contributed by atoms with Gasteiger partial charge in [0.25, 0.3) is 0 Å². The number of aromatic amines is 1. The summed E-state index contributed by atoms with van der Waals surface area (Å²) in [5, 5.41) is 0. The van der Waals surface area contributed by atoms with Gasteiger partial charge in [0.2, 0.25) is 0 Å². The lowest BCUT2D eigenvalue weighted by atomic mass is 9.87. The number of aromatic nitrogens is 1. The average Bonchev–Trinajstić information content (AvgIpc) is 2.61. The van der Waals surface area contributed by atoms with Gasteiger partial charge in [-0.1, -0.05) is 19.3 Å². The summed E-state index contributed by atoms with van der Waals surface area (Å²) in [4.78, 5) is 3.49. The van der Waals surface area contributed by atoms with Gasteiger partial charge < -0.3 is 10.7 Å². The third kappa shape index (κ3) is 1.85. The van der Waals surface area contributed by atoms with E-state index >= 15 is 0 Å². The molecule has 1 fully saturated rings. The van der Waals surface area contributed by atoms with Gasteiger partial charge in [-0.25, -0.2) is 0 Å². The Hall–Kier alpha value is -0.760. The summed E-state index contributed by atoms with van der Waals surface area (Å²) in [6, 6.07) is 2.27. The largest absolute Gasteiger partial charge is 0.362 e. The molecule has 1 aromatic heterocycles. The van der Waals surface area contributed by atoms with Gasteiger partial charge in [-0.15, -0.1) is 0 Å². The molecule has 0 atom stereocenters. The number of aryl methyl sites for hydroxylation is 1. The van der Waals surface area contributed by atoms with E-state index in [9.17, 15) is 0 Å². The van der Waals surface area contributed by atoms with Crippen LogP contribution in [0.4, 0.5) is 0 Å². The van der Waals surface area contributed by atoms with Crippen molar-refractivity contribution in [1.29, 1.82) is 0 Å². The van der Waals surface area contributed by atoms with Crippen LogP contribution in [0, 0.1) is 6.92 Å². The predicted octanol–water partition coefficient (Wildman–Crippen LogP) is 2.83. The van der Waals surface area contributed by atoms with E-state index < -0.39 is 0 Å². The van der Waals surface area contributed by atoms with Crippen LogP contribution >= 0.6 is 0 Å². The summed E-state index contributed by atoms with van der Waals surface area (Å²) in [6.07, 6.45) is 6.90. The average molecular weight is 192 g/mol. The molecule has 0 radical (unpaired) electrons. The molecule has 2 nitrogen and oxygen atoms in total. The van der Waals surface area contributed by atoms with Gasteiger partial charge in [0.15, 0.2) is 0 Å². The van der Waals surface area contributed by atoms with Gasteiger partial charge in [-0.05, 0) is 37.3 Å². The Balaban J connectivity index is 2.14. The smallest absolute Gasteiger partial charge is 0.0196 e. The molecule has 1 aliphatic carbocycles. The van der Waals surface area contributed by atoms with Crippen LogP contribution in [0.5, 0.6) is 0 Å². The molecule has 1 aliphatic rings. The predicted molar refractivity (Wildman–Crippen MR) is 59.2 cm³/mol. The first kappa shape index (κ1) is 9.78. The van der Waals surface area contributed by atoms with Crippen LogP contribution in [0.3, 0.4) is 0 Å². The zero-order valence-electron chi connectivity index (χ0n) is 8.97. The van der Waals surface area contributed by atoms with Crippen LogP contribution < -0.4 is 5.73 Å². The lowest BCUT2D eigenvalue weighted by Crippen LogP contribution is -2.04. The minimum atomic E-state index is 0.662. The molecule has 1 heterocycles. The van der Waals surface area contributed by atoms with E-state index in [-0.39, 0.29) is 0 Å². The molecule has 0 bridgehead atoms. The summed E-state index contributed by atoms with van der Waals surface area (Å²) in [5.41, 5.74) is 9.63. The number of hydrogen-bond acceptors (Lipinski definition) is 1. The van der Waals surface area contributed by atoms with Crippen LogP contribution in [0.25, 0.3) is 0 Å². The Morgan fingerprint density at radius 3 is 2.64 bits per heavy atom. The molecule has 1 aromatic rings. The number of H-pyrrole nitrogens is 1. The molecule has 14 heavy (non-hydrogen) atoms. The summed E-state index contributed by atoms with van der Waals surface area (Å²) in [5.74, 6) is 0.766. The highest BCUT2D eigenvalue weighted by atomic mass is 14.7. The highest BCUT2D eigenvalue weighted by molar-refractivity contribution is 5.27. The monoisotopic (exact) mass is 192 g/mol. The second-order valence-corrected chi connectivity index (χ2v) is 4.41. The minimum Gasteiger partial charge on any atom is -0.362 e. The fraction of sp³-hybridized carbons (Fsp3) is 0.667. The zero-order chi connectivity index (χ0) is 9.97. The SMILES string of the molecule is Cc1[nH]c(C2CCCCC2)cc1CN. The zero-order valence-corrected chi connectivity index (χ0v) is 8.97. The van der Waals surface area contributed by atoms with Gasteiger partial charge in [-0.3, -0.25) is 0 Å². The Kier molecular flexibility index (Phi) is 2.92. The van der Waals surface area contributed by atoms with Crippen molar-refractivity contribution in [2.45, 2.75) is 51.5 Å². The van der Waals surface area contributed by atoms with Crippen LogP contribution in [-0.4, -0.2) is 4.98 Å². The van der Waals surface area contributed by atoms with Crippen molar-refractivity contribution >= 4 is 0 Å². The number of rotatable bonds is 2. The molecule has 3 N–H and O–H groups in total. The second-order valence-electron chi connectivity index (χ2n) is 4.41. The molecule has 0 saturated heterocycles. The van der Waals surface area contributed by atoms with Crippen molar-refractivity contribution in [3.63, 3.8) is 0 Å². The van der Waals surface area contributed by atoms with E-state index in [0.29, 0.717) is 6.54 Å². The minimum absolute atomic E-state index is 0.662. The van der Waals surface area contributed by atoms with Crippen LogP contribution in [0.1, 0.15) is 55.0 Å². The first-order valence-corrected chi connectivity index (χ1v) is 5.69. The van der Waals surface area contributed by atoms with Crippen molar-refractivity contribution < 1.29 is 0 Å². The van der Waals surface area contributed by atoms with Crippen LogP contribution in [-0.2, 0) is 6.54 Å². The lowest BCUT2D eigenvalue weighted by Gasteiger charge is -2.20. The third-order valence-corrected chi connectivity index (χ3v) is 3.41. The fourth-order valence-corrected chi connectivity index (χ4v) is 2.47. The van der Waals surface area contributed by atoms with E-state index in [1.807, 2.05) is 0 Å². The summed E-state index contributed by atoms with van der Waals surface area (Å²) in [7, 11) is 0. The standard InChI is InChI=1S/C12H20N2/c1-9-11(8-13)7-12(14-9)10-5-3-2-4-6-10/h7,10,14H,2-6,8,13H2,1H3. The molecular weight excluding hydrogens is 172 g/mol. The Bertz CT molecular complexity index is 295. The van der Waals surface area contributed by atoms with Gasteiger partial charge >= 0.3 is 0 Å². The first-order chi connectivity index (χ1) is 6.81. The van der Waals surface area contributed by atoms with Crippen LogP contribution in [0.2, 0.25) is 0 Å². The van der Waals surface area contributed by atoms with E-state index in [1.54, 1.807) is 0 Å².